The van der Waals surface area contributed by atoms with Crippen molar-refractivity contribution in [3.8, 4) is 0 Å². The summed E-state index contributed by atoms with van der Waals surface area (Å²) in [5.41, 5.74) is -0.613. The summed E-state index contributed by atoms with van der Waals surface area (Å²) in [6.07, 6.45) is -0.108. The quantitative estimate of drug-likeness (QED) is 0.484. The number of carbonyl (C=O) groups excluding carboxylic acids is 1. The topological polar surface area (TPSA) is 55.4 Å². The van der Waals surface area contributed by atoms with E-state index in [4.69, 9.17) is 4.74 Å². The van der Waals surface area contributed by atoms with Crippen LogP contribution in [-0.4, -0.2) is 12.2 Å². The summed E-state index contributed by atoms with van der Waals surface area (Å²) < 4.78 is 19.5. The molecule has 0 heterocycles. The van der Waals surface area contributed by atoms with E-state index in [1.54, 1.807) is 20.8 Å². The van der Waals surface area contributed by atoms with E-state index < -0.39 is 18.9 Å². The van der Waals surface area contributed by atoms with E-state index in [1.165, 1.54) is 0 Å². The molecule has 2 aromatic rings. The van der Waals surface area contributed by atoms with Crippen molar-refractivity contribution < 1.29 is 14.1 Å². The van der Waals surface area contributed by atoms with Crippen LogP contribution >= 0.6 is 7.29 Å². The molecule has 0 saturated heterocycles. The molecule has 25 heavy (non-hydrogen) atoms. The molecule has 4 nitrogen and oxygen atoms in total. The highest BCUT2D eigenvalue weighted by Crippen LogP contribution is 2.39. The SMILES string of the molecule is CC[C@@H](NP(=O)(c1ccccc1)c1ccccc1)OC(=O)C(C)(C)C. The summed E-state index contributed by atoms with van der Waals surface area (Å²) in [5.74, 6) is -0.320. The maximum absolute atomic E-state index is 13.9. The summed E-state index contributed by atoms with van der Waals surface area (Å²) in [6.45, 7) is 7.30. The molecule has 134 valence electrons. The first-order valence-electron chi connectivity index (χ1n) is 8.47. The molecule has 0 radical (unpaired) electrons. The zero-order valence-corrected chi connectivity index (χ0v) is 16.1. The third-order valence-electron chi connectivity index (χ3n) is 3.80. The average molecular weight is 359 g/mol. The maximum Gasteiger partial charge on any atom is 0.312 e. The van der Waals surface area contributed by atoms with E-state index in [2.05, 4.69) is 5.09 Å². The van der Waals surface area contributed by atoms with Crippen molar-refractivity contribution in [2.24, 2.45) is 5.41 Å². The fraction of sp³-hybridized carbons (Fsp3) is 0.350. The predicted octanol–water partition coefficient (Wildman–Crippen LogP) is 3.83. The van der Waals surface area contributed by atoms with Crippen LogP contribution in [-0.2, 0) is 14.1 Å². The first kappa shape index (κ1) is 19.4. The standard InChI is InChI=1S/C20H26NO3P/c1-5-18(24-19(22)20(2,3)4)21-25(23,16-12-8-6-9-13-16)17-14-10-7-11-15-17/h6-15,18H,5H2,1-4H3,(H,21,23)/t18-/m0/s1. The van der Waals surface area contributed by atoms with E-state index in [1.807, 2.05) is 67.6 Å². The Balaban J connectivity index is 2.37. The van der Waals surface area contributed by atoms with Crippen molar-refractivity contribution in [3.05, 3.63) is 60.7 Å². The summed E-state index contributed by atoms with van der Waals surface area (Å²) in [6, 6.07) is 18.5. The zero-order chi connectivity index (χ0) is 18.5. The lowest BCUT2D eigenvalue weighted by Gasteiger charge is -2.28. The minimum Gasteiger partial charge on any atom is -0.446 e. The molecule has 0 aromatic heterocycles. The minimum absolute atomic E-state index is 0.320. The van der Waals surface area contributed by atoms with Gasteiger partial charge in [-0.05, 0) is 51.5 Å². The van der Waals surface area contributed by atoms with E-state index in [0.29, 0.717) is 17.0 Å². The average Bonchev–Trinajstić information content (AvgIpc) is 2.61. The molecule has 5 heteroatoms. The number of benzene rings is 2. The molecule has 0 spiro atoms. The normalized spacial score (nSPS) is 13.3. The summed E-state index contributed by atoms with van der Waals surface area (Å²) in [7, 11) is -3.13. The molecule has 2 rings (SSSR count). The van der Waals surface area contributed by atoms with Gasteiger partial charge in [0, 0.05) is 10.6 Å². The molecule has 0 bridgehead atoms. The van der Waals surface area contributed by atoms with E-state index in [-0.39, 0.29) is 5.97 Å². The van der Waals surface area contributed by atoms with Crippen LogP contribution in [0.15, 0.2) is 60.7 Å². The number of hydrogen-bond donors (Lipinski definition) is 1. The Kier molecular flexibility index (Phi) is 6.21. The van der Waals surface area contributed by atoms with Gasteiger partial charge >= 0.3 is 5.97 Å². The number of nitrogens with one attached hydrogen (secondary N) is 1. The van der Waals surface area contributed by atoms with Gasteiger partial charge in [-0.2, -0.15) is 0 Å². The van der Waals surface area contributed by atoms with Gasteiger partial charge in [0.1, 0.15) is 0 Å². The Morgan fingerprint density at radius 3 is 1.80 bits per heavy atom. The molecule has 1 N–H and O–H groups in total. The molecule has 1 atom stereocenters. The Labute approximate surface area is 150 Å². The summed E-state index contributed by atoms with van der Waals surface area (Å²) in [5, 5.41) is 4.50. The Morgan fingerprint density at radius 1 is 1.00 bits per heavy atom. The lowest BCUT2D eigenvalue weighted by atomic mass is 9.97. The van der Waals surface area contributed by atoms with Crippen molar-refractivity contribution in [2.45, 2.75) is 40.3 Å². The van der Waals surface area contributed by atoms with Crippen LogP contribution in [0.1, 0.15) is 34.1 Å². The summed E-state index contributed by atoms with van der Waals surface area (Å²) >= 11 is 0. The van der Waals surface area contributed by atoms with Gasteiger partial charge in [-0.15, -0.1) is 0 Å². The van der Waals surface area contributed by atoms with Gasteiger partial charge in [0.15, 0.2) is 6.23 Å². The van der Waals surface area contributed by atoms with Crippen LogP contribution in [0.4, 0.5) is 0 Å². The second kappa shape index (κ2) is 7.99. The van der Waals surface area contributed by atoms with Crippen molar-refractivity contribution in [1.29, 1.82) is 0 Å². The van der Waals surface area contributed by atoms with Gasteiger partial charge in [-0.25, -0.2) is 5.09 Å². The van der Waals surface area contributed by atoms with E-state index >= 15 is 0 Å². The summed E-state index contributed by atoms with van der Waals surface area (Å²) in [4.78, 5) is 12.2. The molecule has 0 saturated carbocycles. The molecular formula is C20H26NO3P. The van der Waals surface area contributed by atoms with Gasteiger partial charge in [-0.1, -0.05) is 43.3 Å². The molecule has 0 unspecified atom stereocenters. The highest BCUT2D eigenvalue weighted by molar-refractivity contribution is 7.76. The van der Waals surface area contributed by atoms with Crippen LogP contribution in [0.25, 0.3) is 0 Å². The highest BCUT2D eigenvalue weighted by Gasteiger charge is 2.33. The Morgan fingerprint density at radius 2 is 1.44 bits per heavy atom. The van der Waals surface area contributed by atoms with Gasteiger partial charge in [0.05, 0.1) is 5.41 Å². The first-order chi connectivity index (χ1) is 11.8. The Bertz CT molecular complexity index is 695. The lowest BCUT2D eigenvalue weighted by Crippen LogP contribution is -2.39. The first-order valence-corrected chi connectivity index (χ1v) is 10.2. The van der Waals surface area contributed by atoms with Gasteiger partial charge in [-0.3, -0.25) is 9.36 Å². The van der Waals surface area contributed by atoms with Crippen LogP contribution in [0.2, 0.25) is 0 Å². The number of ether oxygens (including phenoxy) is 1. The van der Waals surface area contributed by atoms with E-state index in [9.17, 15) is 9.36 Å². The lowest BCUT2D eigenvalue weighted by molar-refractivity contribution is -0.159. The smallest absolute Gasteiger partial charge is 0.312 e. The molecule has 0 aliphatic carbocycles. The minimum atomic E-state index is -3.13. The van der Waals surface area contributed by atoms with Gasteiger partial charge < -0.3 is 4.74 Å². The van der Waals surface area contributed by atoms with Crippen LogP contribution in [0, 0.1) is 5.41 Å². The third kappa shape index (κ3) is 4.81. The van der Waals surface area contributed by atoms with Crippen molar-refractivity contribution in [2.75, 3.05) is 0 Å². The second-order valence-electron chi connectivity index (χ2n) is 6.96. The van der Waals surface area contributed by atoms with Gasteiger partial charge in [0.25, 0.3) is 0 Å². The largest absolute Gasteiger partial charge is 0.446 e. The number of hydrogen-bond acceptors (Lipinski definition) is 3. The number of esters is 1. The molecule has 0 amide bonds. The molecule has 0 aliphatic rings. The van der Waals surface area contributed by atoms with Gasteiger partial charge in [0.2, 0.25) is 7.29 Å². The third-order valence-corrected chi connectivity index (χ3v) is 6.50. The molecule has 0 aliphatic heterocycles. The van der Waals surface area contributed by atoms with Crippen molar-refractivity contribution in [3.63, 3.8) is 0 Å². The predicted molar refractivity (Wildman–Crippen MR) is 103 cm³/mol. The maximum atomic E-state index is 13.9. The van der Waals surface area contributed by atoms with Crippen LogP contribution in [0.5, 0.6) is 0 Å². The fourth-order valence-corrected chi connectivity index (χ4v) is 4.70. The van der Waals surface area contributed by atoms with Crippen LogP contribution in [0.3, 0.4) is 0 Å². The monoisotopic (exact) mass is 359 g/mol. The highest BCUT2D eigenvalue weighted by atomic mass is 31.2. The van der Waals surface area contributed by atoms with E-state index in [0.717, 1.165) is 0 Å². The molecule has 2 aromatic carbocycles. The number of rotatable bonds is 6. The number of carbonyl (C=O) groups is 1. The Hall–Kier alpha value is -1.90. The molecular weight excluding hydrogens is 333 g/mol. The zero-order valence-electron chi connectivity index (χ0n) is 15.2. The van der Waals surface area contributed by atoms with Crippen molar-refractivity contribution >= 4 is 23.9 Å². The van der Waals surface area contributed by atoms with Crippen molar-refractivity contribution in [1.82, 2.24) is 5.09 Å². The molecule has 0 fully saturated rings. The fourth-order valence-electron chi connectivity index (χ4n) is 2.28. The second-order valence-corrected chi connectivity index (χ2v) is 9.47. The van der Waals surface area contributed by atoms with Crippen LogP contribution < -0.4 is 15.7 Å².